The van der Waals surface area contributed by atoms with E-state index in [1.807, 2.05) is 6.07 Å². The van der Waals surface area contributed by atoms with Crippen molar-refractivity contribution in [1.29, 1.82) is 0 Å². The molecule has 0 radical (unpaired) electrons. The molecule has 3 heteroatoms. The number of benzene rings is 9. The van der Waals surface area contributed by atoms with Crippen molar-refractivity contribution < 1.29 is 8.83 Å². The number of para-hydroxylation sites is 3. The summed E-state index contributed by atoms with van der Waals surface area (Å²) in [5, 5.41) is 4.54. The predicted molar refractivity (Wildman–Crippen MR) is 249 cm³/mol. The second-order valence-corrected chi connectivity index (χ2v) is 15.9. The first-order chi connectivity index (χ1) is 29.7. The van der Waals surface area contributed by atoms with Crippen molar-refractivity contribution in [1.82, 2.24) is 0 Å². The van der Waals surface area contributed by atoms with E-state index in [2.05, 4.69) is 205 Å². The molecule has 2 aromatic heterocycles. The van der Waals surface area contributed by atoms with Gasteiger partial charge >= 0.3 is 0 Å². The quantitative estimate of drug-likeness (QED) is 0.169. The van der Waals surface area contributed by atoms with Crippen molar-refractivity contribution in [3.63, 3.8) is 0 Å². The van der Waals surface area contributed by atoms with Gasteiger partial charge in [0.05, 0.1) is 0 Å². The second kappa shape index (κ2) is 14.0. The summed E-state index contributed by atoms with van der Waals surface area (Å²) in [7, 11) is 0. The van der Waals surface area contributed by atoms with Gasteiger partial charge in [-0.25, -0.2) is 0 Å². The van der Waals surface area contributed by atoms with E-state index in [-0.39, 0.29) is 5.92 Å². The normalized spacial score (nSPS) is 13.7. The van der Waals surface area contributed by atoms with Gasteiger partial charge in [-0.2, -0.15) is 0 Å². The first-order valence-corrected chi connectivity index (χ1v) is 20.8. The Bertz CT molecular complexity index is 3360. The molecule has 9 aromatic carbocycles. The summed E-state index contributed by atoms with van der Waals surface area (Å²) >= 11 is 0. The van der Waals surface area contributed by atoms with E-state index in [0.29, 0.717) is 0 Å². The molecule has 12 rings (SSSR count). The smallest absolute Gasteiger partial charge is 0.136 e. The molecule has 0 fully saturated rings. The van der Waals surface area contributed by atoms with Crippen molar-refractivity contribution in [2.75, 3.05) is 4.90 Å². The second-order valence-electron chi connectivity index (χ2n) is 15.9. The number of fused-ring (bicyclic) bond motifs is 9. The Morgan fingerprint density at radius 3 is 1.75 bits per heavy atom. The zero-order chi connectivity index (χ0) is 39.6. The minimum Gasteiger partial charge on any atom is -0.456 e. The Balaban J connectivity index is 0.984. The van der Waals surface area contributed by atoms with Crippen molar-refractivity contribution in [3.05, 3.63) is 223 Å². The van der Waals surface area contributed by atoms with E-state index < -0.39 is 0 Å². The maximum absolute atomic E-state index is 6.67. The lowest BCUT2D eigenvalue weighted by Crippen LogP contribution is -2.10. The van der Waals surface area contributed by atoms with Crippen LogP contribution in [0.3, 0.4) is 0 Å². The Hall–Kier alpha value is -7.62. The van der Waals surface area contributed by atoms with E-state index in [9.17, 15) is 0 Å². The summed E-state index contributed by atoms with van der Waals surface area (Å²) in [6, 6.07) is 74.3. The fourth-order valence-electron chi connectivity index (χ4n) is 9.76. The highest BCUT2D eigenvalue weighted by Crippen LogP contribution is 2.51. The van der Waals surface area contributed by atoms with Crippen molar-refractivity contribution >= 4 is 60.9 Å². The lowest BCUT2D eigenvalue weighted by molar-refractivity contribution is 0.667. The maximum atomic E-state index is 6.67. The van der Waals surface area contributed by atoms with Gasteiger partial charge in [0.2, 0.25) is 0 Å². The van der Waals surface area contributed by atoms with Crippen LogP contribution in [-0.2, 0) is 6.42 Å². The fraction of sp³-hybridized carbons (Fsp3) is 0.0526. The molecule has 11 aromatic rings. The molecule has 0 saturated heterocycles. The Labute approximate surface area is 348 Å². The van der Waals surface area contributed by atoms with Crippen molar-refractivity contribution in [2.24, 2.45) is 0 Å². The number of hydrogen-bond acceptors (Lipinski definition) is 3. The average Bonchev–Trinajstić information content (AvgIpc) is 3.83. The summed E-state index contributed by atoms with van der Waals surface area (Å²) in [5.41, 5.74) is 18.3. The average molecular weight is 770 g/mol. The third-order valence-corrected chi connectivity index (χ3v) is 12.5. The predicted octanol–water partition coefficient (Wildman–Crippen LogP) is 16.0. The van der Waals surface area contributed by atoms with Crippen molar-refractivity contribution in [3.8, 4) is 33.4 Å². The van der Waals surface area contributed by atoms with Crippen molar-refractivity contribution in [2.45, 2.75) is 18.8 Å². The van der Waals surface area contributed by atoms with Crippen LogP contribution in [0, 0.1) is 0 Å². The standard InChI is InChI=1S/C57H39NO2/c1-3-13-37(14-4-1)38-23-29-43(30-24-38)58(42-15-5-2-6-16-42)44-31-25-39(26-32-44)45-33-27-40-36-54-57(50-20-10-12-22-52(50)60-54)56(55(40)49-19-8-7-17-46(45)49)41-28-34-48-47-18-9-11-21-51(47)59-53(48)35-41/h1-26,28-32,34-36,45H,27,33H2. The van der Waals surface area contributed by atoms with Crippen LogP contribution in [0.2, 0.25) is 0 Å². The van der Waals surface area contributed by atoms with Gasteiger partial charge in [-0.3, -0.25) is 0 Å². The molecule has 0 bridgehead atoms. The van der Waals surface area contributed by atoms with Crippen LogP contribution in [0.25, 0.3) is 77.3 Å². The summed E-state index contributed by atoms with van der Waals surface area (Å²) in [6.45, 7) is 0. The van der Waals surface area contributed by atoms with E-state index in [1.54, 1.807) is 0 Å². The minimum absolute atomic E-state index is 0.201. The van der Waals surface area contributed by atoms with Gasteiger partial charge < -0.3 is 13.7 Å². The maximum Gasteiger partial charge on any atom is 0.136 e. The van der Waals surface area contributed by atoms with Gasteiger partial charge in [0.15, 0.2) is 0 Å². The molecule has 0 spiro atoms. The molecule has 1 unspecified atom stereocenters. The molecule has 1 aliphatic carbocycles. The highest BCUT2D eigenvalue weighted by molar-refractivity contribution is 6.18. The molecule has 60 heavy (non-hydrogen) atoms. The molecule has 1 atom stereocenters. The molecule has 284 valence electrons. The fourth-order valence-corrected chi connectivity index (χ4v) is 9.76. The summed E-state index contributed by atoms with van der Waals surface area (Å²) in [4.78, 5) is 2.35. The zero-order valence-corrected chi connectivity index (χ0v) is 32.9. The van der Waals surface area contributed by atoms with E-state index in [1.165, 1.54) is 44.5 Å². The first-order valence-electron chi connectivity index (χ1n) is 20.8. The molecule has 0 saturated carbocycles. The van der Waals surface area contributed by atoms with Gasteiger partial charge in [-0.05, 0) is 124 Å². The zero-order valence-electron chi connectivity index (χ0n) is 32.9. The molecule has 0 amide bonds. The molecule has 0 aliphatic heterocycles. The SMILES string of the molecule is c1ccc(-c2ccc(N(c3ccccc3)c3ccc(C4CCc5cc6oc7ccccc7c6c(-c6ccc7c(c6)oc6ccccc67)c5-c5ccccc54)cc3)cc2)cc1. The Kier molecular flexibility index (Phi) is 8.05. The monoisotopic (exact) mass is 769 g/mol. The highest BCUT2D eigenvalue weighted by Gasteiger charge is 2.29. The number of anilines is 3. The Morgan fingerprint density at radius 1 is 0.400 bits per heavy atom. The van der Waals surface area contributed by atoms with Crippen LogP contribution in [0.15, 0.2) is 215 Å². The Morgan fingerprint density at radius 2 is 0.967 bits per heavy atom. The van der Waals surface area contributed by atoms with E-state index in [4.69, 9.17) is 8.83 Å². The van der Waals surface area contributed by atoms with Gasteiger partial charge in [0.25, 0.3) is 0 Å². The van der Waals surface area contributed by atoms with Crippen LogP contribution in [0.4, 0.5) is 17.1 Å². The molecule has 2 heterocycles. The van der Waals surface area contributed by atoms with Crippen LogP contribution >= 0.6 is 0 Å². The molecule has 0 N–H and O–H groups in total. The lowest BCUT2D eigenvalue weighted by Gasteiger charge is -2.26. The van der Waals surface area contributed by atoms with Crippen LogP contribution < -0.4 is 4.90 Å². The van der Waals surface area contributed by atoms with Gasteiger partial charge in [0, 0.05) is 50.1 Å². The van der Waals surface area contributed by atoms with Crippen LogP contribution in [-0.4, -0.2) is 0 Å². The minimum atomic E-state index is 0.201. The first kappa shape index (κ1) is 34.4. The number of hydrogen-bond donors (Lipinski definition) is 0. The van der Waals surface area contributed by atoms with Crippen LogP contribution in [0.5, 0.6) is 0 Å². The van der Waals surface area contributed by atoms with Gasteiger partial charge in [0.1, 0.15) is 22.3 Å². The third kappa shape index (κ3) is 5.66. The number of nitrogens with zero attached hydrogens (tertiary/aromatic N) is 1. The van der Waals surface area contributed by atoms with Gasteiger partial charge in [-0.15, -0.1) is 0 Å². The van der Waals surface area contributed by atoms with Gasteiger partial charge in [-0.1, -0.05) is 140 Å². The topological polar surface area (TPSA) is 29.5 Å². The molecule has 3 nitrogen and oxygen atoms in total. The molecular formula is C57H39NO2. The third-order valence-electron chi connectivity index (χ3n) is 12.5. The van der Waals surface area contributed by atoms with Crippen LogP contribution in [0.1, 0.15) is 29.0 Å². The number of rotatable bonds is 6. The molecule has 1 aliphatic rings. The lowest BCUT2D eigenvalue weighted by atomic mass is 9.83. The summed E-state index contributed by atoms with van der Waals surface area (Å²) in [6.07, 6.45) is 1.88. The highest BCUT2D eigenvalue weighted by atomic mass is 16.3. The number of aryl methyl sites for hydroxylation is 1. The van der Waals surface area contributed by atoms with E-state index in [0.717, 1.165) is 79.3 Å². The number of furan rings is 2. The molecular weight excluding hydrogens is 731 g/mol. The summed E-state index contributed by atoms with van der Waals surface area (Å²) in [5.74, 6) is 0.201. The van der Waals surface area contributed by atoms with E-state index >= 15 is 0 Å². The summed E-state index contributed by atoms with van der Waals surface area (Å²) < 4.78 is 13.2. The largest absolute Gasteiger partial charge is 0.456 e.